The van der Waals surface area contributed by atoms with Gasteiger partial charge in [0.15, 0.2) is 5.96 Å². The van der Waals surface area contributed by atoms with Gasteiger partial charge in [-0.15, -0.1) is 24.0 Å². The van der Waals surface area contributed by atoms with E-state index < -0.39 is 0 Å². The van der Waals surface area contributed by atoms with E-state index in [2.05, 4.69) is 48.3 Å². The Hall–Kier alpha value is -1.35. The molecular formula is C21H33IN4O2. The molecule has 2 fully saturated rings. The van der Waals surface area contributed by atoms with Crippen LogP contribution in [0.3, 0.4) is 0 Å². The van der Waals surface area contributed by atoms with E-state index in [-0.39, 0.29) is 36.0 Å². The van der Waals surface area contributed by atoms with Gasteiger partial charge in [-0.3, -0.25) is 9.79 Å². The number of guanidine groups is 1. The first-order valence-corrected chi connectivity index (χ1v) is 10.2. The lowest BCUT2D eigenvalue weighted by Gasteiger charge is -2.35. The average molecular weight is 500 g/mol. The maximum atomic E-state index is 12.2. The molecule has 6 nitrogen and oxygen atoms in total. The number of nitrogens with one attached hydrogen (secondary N) is 1. The highest BCUT2D eigenvalue weighted by atomic mass is 127. The molecular weight excluding hydrogens is 467 g/mol. The van der Waals surface area contributed by atoms with Crippen molar-refractivity contribution in [1.29, 1.82) is 0 Å². The number of amides is 1. The third kappa shape index (κ3) is 6.07. The Morgan fingerprint density at radius 1 is 1.21 bits per heavy atom. The molecule has 0 saturated carbocycles. The van der Waals surface area contributed by atoms with Gasteiger partial charge in [0, 0.05) is 32.6 Å². The van der Waals surface area contributed by atoms with Crippen LogP contribution in [0, 0.1) is 6.92 Å². The van der Waals surface area contributed by atoms with Crippen LogP contribution < -0.4 is 5.32 Å². The summed E-state index contributed by atoms with van der Waals surface area (Å²) >= 11 is 0. The number of likely N-dealkylation sites (tertiary alicyclic amines) is 1. The molecule has 28 heavy (non-hydrogen) atoms. The van der Waals surface area contributed by atoms with E-state index in [1.165, 1.54) is 11.1 Å². The zero-order valence-electron chi connectivity index (χ0n) is 17.0. The van der Waals surface area contributed by atoms with Gasteiger partial charge in [-0.05, 0) is 37.8 Å². The number of carbonyl (C=O) groups is 1. The molecule has 1 atom stereocenters. The fourth-order valence-electron chi connectivity index (χ4n) is 3.79. The average Bonchev–Trinajstić information content (AvgIpc) is 3.23. The van der Waals surface area contributed by atoms with E-state index in [0.29, 0.717) is 19.6 Å². The van der Waals surface area contributed by atoms with Gasteiger partial charge < -0.3 is 19.9 Å². The predicted molar refractivity (Wildman–Crippen MR) is 123 cm³/mol. The molecule has 0 spiro atoms. The van der Waals surface area contributed by atoms with Crippen molar-refractivity contribution < 1.29 is 9.53 Å². The fraction of sp³-hybridized carbons (Fsp3) is 0.619. The Labute approximate surface area is 185 Å². The van der Waals surface area contributed by atoms with Crippen LogP contribution in [0.2, 0.25) is 0 Å². The first-order valence-electron chi connectivity index (χ1n) is 10.2. The molecule has 156 valence electrons. The van der Waals surface area contributed by atoms with Gasteiger partial charge in [-0.2, -0.15) is 0 Å². The number of morpholine rings is 1. The molecule has 1 N–H and O–H groups in total. The second-order valence-electron chi connectivity index (χ2n) is 7.24. The van der Waals surface area contributed by atoms with E-state index >= 15 is 0 Å². The molecule has 0 aromatic heterocycles. The number of rotatable bonds is 5. The number of halogens is 1. The molecule has 1 aromatic rings. The molecule has 1 unspecified atom stereocenters. The number of benzene rings is 1. The summed E-state index contributed by atoms with van der Waals surface area (Å²) in [6.07, 6.45) is 2.80. The second-order valence-corrected chi connectivity index (χ2v) is 7.24. The van der Waals surface area contributed by atoms with Gasteiger partial charge in [-0.1, -0.05) is 24.3 Å². The first-order chi connectivity index (χ1) is 13.2. The number of aliphatic imine (C=N–C) groups is 1. The number of aryl methyl sites for hydroxylation is 1. The molecule has 1 amide bonds. The zero-order chi connectivity index (χ0) is 19.1. The molecule has 2 saturated heterocycles. The Balaban J connectivity index is 0.00000280. The molecule has 2 heterocycles. The molecule has 7 heteroatoms. The fourth-order valence-corrected chi connectivity index (χ4v) is 3.79. The lowest BCUT2D eigenvalue weighted by Crippen LogP contribution is -2.48. The number of ether oxygens (including phenoxy) is 1. The minimum atomic E-state index is 0. The van der Waals surface area contributed by atoms with E-state index in [9.17, 15) is 4.79 Å². The third-order valence-corrected chi connectivity index (χ3v) is 5.28. The van der Waals surface area contributed by atoms with E-state index in [0.717, 1.165) is 51.5 Å². The van der Waals surface area contributed by atoms with Gasteiger partial charge in [0.25, 0.3) is 0 Å². The molecule has 0 radical (unpaired) electrons. The standard InChI is InChI=1S/C21H32N4O2.HI/c1-3-22-21(23-11-10-20(26)24-12-6-7-13-24)25-14-15-27-19(16-25)18-9-5-4-8-17(18)2;/h4-5,8-9,19H,3,6-7,10-16H2,1-2H3,(H,22,23);1H. The summed E-state index contributed by atoms with van der Waals surface area (Å²) in [7, 11) is 0. The van der Waals surface area contributed by atoms with Crippen molar-refractivity contribution in [2.75, 3.05) is 45.9 Å². The summed E-state index contributed by atoms with van der Waals surface area (Å²) in [4.78, 5) is 21.2. The first kappa shape index (κ1) is 22.9. The Morgan fingerprint density at radius 3 is 2.68 bits per heavy atom. The summed E-state index contributed by atoms with van der Waals surface area (Å²) in [5.41, 5.74) is 2.49. The number of hydrogen-bond acceptors (Lipinski definition) is 3. The van der Waals surface area contributed by atoms with Crippen LogP contribution in [0.15, 0.2) is 29.3 Å². The Kier molecular flexibility index (Phi) is 9.50. The third-order valence-electron chi connectivity index (χ3n) is 5.28. The van der Waals surface area contributed by atoms with Crippen LogP contribution in [0.1, 0.15) is 43.4 Å². The van der Waals surface area contributed by atoms with Crippen molar-refractivity contribution in [3.8, 4) is 0 Å². The Bertz CT molecular complexity index is 662. The minimum absolute atomic E-state index is 0. The van der Waals surface area contributed by atoms with Crippen molar-refractivity contribution in [3.05, 3.63) is 35.4 Å². The normalized spacial score (nSPS) is 20.1. The van der Waals surface area contributed by atoms with E-state index in [4.69, 9.17) is 9.73 Å². The Morgan fingerprint density at radius 2 is 1.96 bits per heavy atom. The SMILES string of the molecule is CCNC(=NCCC(=O)N1CCCC1)N1CCOC(c2ccccc2C)C1.I. The summed E-state index contributed by atoms with van der Waals surface area (Å²) in [6, 6.07) is 8.39. The molecule has 2 aliphatic rings. The highest BCUT2D eigenvalue weighted by molar-refractivity contribution is 14.0. The van der Waals surface area contributed by atoms with Crippen LogP contribution in [0.25, 0.3) is 0 Å². The summed E-state index contributed by atoms with van der Waals surface area (Å²) in [6.45, 7) is 9.62. The zero-order valence-corrected chi connectivity index (χ0v) is 19.4. The highest BCUT2D eigenvalue weighted by Gasteiger charge is 2.25. The molecule has 0 bridgehead atoms. The largest absolute Gasteiger partial charge is 0.370 e. The minimum Gasteiger partial charge on any atom is -0.370 e. The van der Waals surface area contributed by atoms with Crippen LogP contribution in [-0.4, -0.2) is 67.5 Å². The summed E-state index contributed by atoms with van der Waals surface area (Å²) < 4.78 is 6.03. The smallest absolute Gasteiger partial charge is 0.224 e. The summed E-state index contributed by atoms with van der Waals surface area (Å²) in [5, 5.41) is 3.38. The van der Waals surface area contributed by atoms with Crippen molar-refractivity contribution in [3.63, 3.8) is 0 Å². The van der Waals surface area contributed by atoms with E-state index in [1.807, 2.05) is 4.90 Å². The van der Waals surface area contributed by atoms with Gasteiger partial charge in [0.05, 0.1) is 19.7 Å². The van der Waals surface area contributed by atoms with Gasteiger partial charge in [-0.25, -0.2) is 0 Å². The van der Waals surface area contributed by atoms with Crippen molar-refractivity contribution in [2.45, 2.75) is 39.2 Å². The quantitative estimate of drug-likeness (QED) is 0.384. The topological polar surface area (TPSA) is 57.2 Å². The van der Waals surface area contributed by atoms with Gasteiger partial charge in [0.1, 0.15) is 6.10 Å². The van der Waals surface area contributed by atoms with Crippen LogP contribution in [0.4, 0.5) is 0 Å². The van der Waals surface area contributed by atoms with Crippen LogP contribution in [0.5, 0.6) is 0 Å². The highest BCUT2D eigenvalue weighted by Crippen LogP contribution is 2.25. The number of hydrogen-bond donors (Lipinski definition) is 1. The molecule has 3 rings (SSSR count). The van der Waals surface area contributed by atoms with Crippen molar-refractivity contribution in [2.24, 2.45) is 4.99 Å². The monoisotopic (exact) mass is 500 g/mol. The molecule has 1 aromatic carbocycles. The predicted octanol–water partition coefficient (Wildman–Crippen LogP) is 2.96. The summed E-state index contributed by atoms with van der Waals surface area (Å²) in [5.74, 6) is 1.11. The van der Waals surface area contributed by atoms with Crippen molar-refractivity contribution in [1.82, 2.24) is 15.1 Å². The molecule has 2 aliphatic heterocycles. The van der Waals surface area contributed by atoms with Crippen LogP contribution in [-0.2, 0) is 9.53 Å². The number of nitrogens with zero attached hydrogens (tertiary/aromatic N) is 3. The van der Waals surface area contributed by atoms with Crippen molar-refractivity contribution >= 4 is 35.8 Å². The number of carbonyl (C=O) groups excluding carboxylic acids is 1. The van der Waals surface area contributed by atoms with E-state index in [1.54, 1.807) is 0 Å². The lowest BCUT2D eigenvalue weighted by atomic mass is 10.0. The van der Waals surface area contributed by atoms with Crippen LogP contribution >= 0.6 is 24.0 Å². The lowest BCUT2D eigenvalue weighted by molar-refractivity contribution is -0.129. The maximum Gasteiger partial charge on any atom is 0.224 e. The van der Waals surface area contributed by atoms with Gasteiger partial charge >= 0.3 is 0 Å². The maximum absolute atomic E-state index is 12.2. The molecule has 0 aliphatic carbocycles. The second kappa shape index (κ2) is 11.6. The van der Waals surface area contributed by atoms with Gasteiger partial charge in [0.2, 0.25) is 5.91 Å².